The Hall–Kier alpha value is 1.80. The maximum absolute atomic E-state index is 0. The minimum atomic E-state index is 0. The Morgan fingerprint density at radius 1 is 1.00 bits per heavy atom. The Morgan fingerprint density at radius 3 is 1.00 bits per heavy atom. The third-order valence-corrected chi connectivity index (χ3v) is 0. The van der Waals surface area contributed by atoms with Crippen LogP contribution in [0.1, 0.15) is 0 Å². The summed E-state index contributed by atoms with van der Waals surface area (Å²) in [6, 6.07) is 0. The summed E-state index contributed by atoms with van der Waals surface area (Å²) in [6.07, 6.45) is 0. The number of hydrogen-bond donors (Lipinski definition) is 0. The summed E-state index contributed by atoms with van der Waals surface area (Å²) < 4.78 is 0. The molecule has 1 radical (unpaired) electrons. The minimum Gasteiger partial charge on any atom is -0.0149 e. The Morgan fingerprint density at radius 2 is 1.00 bits per heavy atom. The summed E-state index contributed by atoms with van der Waals surface area (Å²) in [5, 5.41) is 0. The Balaban J connectivity index is 0. The van der Waals surface area contributed by atoms with Crippen LogP contribution < -0.4 is 0 Å². The maximum Gasteiger partial charge on any atom is 0.187 e. The van der Waals surface area contributed by atoms with E-state index in [2.05, 4.69) is 0 Å². The van der Waals surface area contributed by atoms with Crippen LogP contribution in [0.3, 0.4) is 0 Å². The maximum atomic E-state index is 0. The van der Waals surface area contributed by atoms with Gasteiger partial charge in [0.15, 0.2) is 17.4 Å². The predicted octanol–water partition coefficient (Wildman–Crippen LogP) is -2.64. The van der Waals surface area contributed by atoms with Crippen molar-refractivity contribution in [1.29, 1.82) is 0 Å². The molecule has 31 valence electrons. The Kier molecular flexibility index (Phi) is 220. The molecule has 0 saturated heterocycles. The van der Waals surface area contributed by atoms with Gasteiger partial charge in [-0.3, -0.25) is 0 Å². The van der Waals surface area contributed by atoms with Crippen LogP contribution in [0.4, 0.5) is 0 Å². The van der Waals surface area contributed by atoms with Crippen LogP contribution in [0.25, 0.3) is 0 Å². The third kappa shape index (κ3) is 9.19. The van der Waals surface area contributed by atoms with E-state index in [1.807, 2.05) is 0 Å². The molecule has 0 nitrogen and oxygen atoms in total. The zero-order valence-corrected chi connectivity index (χ0v) is 2.93. The van der Waals surface area contributed by atoms with E-state index in [1.165, 1.54) is 0 Å². The average molecular weight is 178 g/mol. The van der Waals surface area contributed by atoms with Gasteiger partial charge in [-0.05, 0) is 11.0 Å². The smallest absolute Gasteiger partial charge is 0.0149 e. The van der Waals surface area contributed by atoms with Gasteiger partial charge in [0.1, 0.15) is 0 Å². The van der Waals surface area contributed by atoms with Gasteiger partial charge in [0, 0.05) is 34.4 Å². The van der Waals surface area contributed by atoms with Gasteiger partial charge in [0.2, 0.25) is 0 Å². The van der Waals surface area contributed by atoms with E-state index < -0.39 is 0 Å². The molecule has 0 unspecified atom stereocenters. The fraction of sp³-hybridized carbons (Fsp3) is 0. The first kappa shape index (κ1) is 41.2. The van der Waals surface area contributed by atoms with Crippen LogP contribution in [0.15, 0.2) is 0 Å². The molecule has 0 aromatic rings. The number of hydrogen-bond acceptors (Lipinski definition) is 0. The van der Waals surface area contributed by atoms with Gasteiger partial charge in [-0.1, -0.05) is 0 Å². The van der Waals surface area contributed by atoms with Crippen molar-refractivity contribution in [2.45, 2.75) is 0 Å². The van der Waals surface area contributed by atoms with Gasteiger partial charge in [-0.15, -0.1) is 0 Å². The van der Waals surface area contributed by atoms with E-state index in [4.69, 9.17) is 0 Å². The van der Waals surface area contributed by atoms with Crippen molar-refractivity contribution < 1.29 is 34.4 Å². The fourth-order valence-electron chi connectivity index (χ4n) is 0. The van der Waals surface area contributed by atoms with Crippen molar-refractivity contribution in [2.24, 2.45) is 0 Å². The van der Waals surface area contributed by atoms with Crippen LogP contribution in [-0.2, 0) is 34.4 Å². The van der Waals surface area contributed by atoms with Gasteiger partial charge in [0.25, 0.3) is 0 Å². The molecule has 0 aromatic heterocycles. The van der Waals surface area contributed by atoms with E-state index in [9.17, 15) is 0 Å². The first-order chi connectivity index (χ1) is 0. The summed E-state index contributed by atoms with van der Waals surface area (Å²) in [4.78, 5) is 0. The molecular formula is H7AlCrCuSi. The summed E-state index contributed by atoms with van der Waals surface area (Å²) in [5.41, 5.74) is 0. The normalized spacial score (nSPS) is 0. The molecule has 0 spiro atoms. The van der Waals surface area contributed by atoms with Crippen LogP contribution >= 0.6 is 0 Å². The molecule has 0 bridgehead atoms. The van der Waals surface area contributed by atoms with E-state index in [-0.39, 0.29) is 62.8 Å². The van der Waals surface area contributed by atoms with Gasteiger partial charge >= 0.3 is 0 Å². The van der Waals surface area contributed by atoms with E-state index >= 15 is 0 Å². The zero-order chi connectivity index (χ0) is 0. The first-order valence-electron chi connectivity index (χ1n) is 0. The topological polar surface area (TPSA) is 0 Å². The molecule has 0 aliphatic rings. The third-order valence-electron chi connectivity index (χ3n) is 0. The van der Waals surface area contributed by atoms with Gasteiger partial charge < -0.3 is 0 Å². The Labute approximate surface area is 62.5 Å². The molecule has 4 heavy (non-hydrogen) atoms. The molecule has 0 saturated carbocycles. The van der Waals surface area contributed by atoms with Crippen molar-refractivity contribution in [3.8, 4) is 0 Å². The van der Waals surface area contributed by atoms with E-state index in [0.29, 0.717) is 0 Å². The summed E-state index contributed by atoms with van der Waals surface area (Å²) in [6.45, 7) is 0. The van der Waals surface area contributed by atoms with E-state index in [0.717, 1.165) is 0 Å². The summed E-state index contributed by atoms with van der Waals surface area (Å²) >= 11 is 0. The van der Waals surface area contributed by atoms with Gasteiger partial charge in [-0.2, -0.15) is 0 Å². The molecule has 0 heterocycles. The molecule has 0 amide bonds. The quantitative estimate of drug-likeness (QED) is 0.355. The molecule has 0 fully saturated rings. The standard InChI is InChI=1S/Al.Cr.Cu.H4Si.3H/h;;;1H4;;;. The van der Waals surface area contributed by atoms with E-state index in [1.54, 1.807) is 0 Å². The average Bonchev–Trinajstić information content (AvgIpc) is 0. The molecule has 0 aliphatic carbocycles. The summed E-state index contributed by atoms with van der Waals surface area (Å²) in [5.74, 6) is 0. The van der Waals surface area contributed by atoms with Crippen molar-refractivity contribution >= 4 is 28.3 Å². The molecular weight excluding hydrogens is 171 g/mol. The van der Waals surface area contributed by atoms with Crippen LogP contribution in [-0.4, -0.2) is 28.3 Å². The van der Waals surface area contributed by atoms with Gasteiger partial charge in [-0.25, -0.2) is 0 Å². The SMILES string of the molecule is [AlH3].[Cr].[Cu].[SiH4]. The van der Waals surface area contributed by atoms with Crippen LogP contribution in [0, 0.1) is 0 Å². The van der Waals surface area contributed by atoms with Crippen molar-refractivity contribution in [3.05, 3.63) is 0 Å². The molecule has 4 heteroatoms. The monoisotopic (exact) mass is 177 g/mol. The van der Waals surface area contributed by atoms with Gasteiger partial charge in [0.05, 0.1) is 0 Å². The predicted molar refractivity (Wildman–Crippen MR) is 21.3 cm³/mol. The van der Waals surface area contributed by atoms with Crippen molar-refractivity contribution in [2.75, 3.05) is 0 Å². The Bertz CT molecular complexity index is 8.00. The second kappa shape index (κ2) is 21.4. The summed E-state index contributed by atoms with van der Waals surface area (Å²) in [7, 11) is 0. The second-order valence-electron chi connectivity index (χ2n) is 0. The molecule has 0 N–H and O–H groups in total. The molecule has 0 atom stereocenters. The fourth-order valence-corrected chi connectivity index (χ4v) is 0. The first-order valence-corrected chi connectivity index (χ1v) is 0. The minimum absolute atomic E-state index is 0. The second-order valence-corrected chi connectivity index (χ2v) is 0. The van der Waals surface area contributed by atoms with Crippen molar-refractivity contribution in [1.82, 2.24) is 0 Å². The molecule has 0 aromatic carbocycles. The van der Waals surface area contributed by atoms with Crippen molar-refractivity contribution in [3.63, 3.8) is 0 Å². The molecule has 0 aliphatic heterocycles. The van der Waals surface area contributed by atoms with Crippen LogP contribution in [0.2, 0.25) is 0 Å². The molecule has 0 rings (SSSR count). The zero-order valence-electron chi connectivity index (χ0n) is 0.710. The van der Waals surface area contributed by atoms with Crippen LogP contribution in [0.5, 0.6) is 0 Å². The largest absolute Gasteiger partial charge is 0.187 e. The number of rotatable bonds is 0.